The molecule has 2 aliphatic rings. The van der Waals surface area contributed by atoms with Gasteiger partial charge in [-0.3, -0.25) is 4.79 Å². The summed E-state index contributed by atoms with van der Waals surface area (Å²) in [7, 11) is 0. The zero-order chi connectivity index (χ0) is 20.1. The predicted molar refractivity (Wildman–Crippen MR) is 115 cm³/mol. The minimum Gasteiger partial charge on any atom is -0.490 e. The normalized spacial score (nSPS) is 17.3. The number of fused-ring (bicyclic) bond motifs is 1. The second kappa shape index (κ2) is 9.41. The fourth-order valence-electron chi connectivity index (χ4n) is 3.30. The van der Waals surface area contributed by atoms with E-state index in [0.717, 1.165) is 60.5 Å². The molecule has 154 valence electrons. The van der Waals surface area contributed by atoms with Crippen molar-refractivity contribution in [2.24, 2.45) is 0 Å². The van der Waals surface area contributed by atoms with Gasteiger partial charge in [0.2, 0.25) is 5.91 Å². The number of nitrogens with one attached hydrogen (secondary N) is 1. The number of benzene rings is 2. The molecule has 2 aromatic rings. The number of ether oxygens (including phenoxy) is 3. The number of morpholine rings is 1. The van der Waals surface area contributed by atoms with Gasteiger partial charge in [-0.2, -0.15) is 0 Å². The van der Waals surface area contributed by atoms with Gasteiger partial charge < -0.3 is 24.4 Å². The van der Waals surface area contributed by atoms with Gasteiger partial charge in [0.1, 0.15) is 0 Å². The number of nitrogens with zero attached hydrogens (tertiary/aromatic N) is 1. The SMILES string of the molecule is C[C@H](Sc1ccc2c(c1)OCCCO2)C(=O)Nc1ccc(N2CCOCC2)cc1. The van der Waals surface area contributed by atoms with Gasteiger partial charge in [0.25, 0.3) is 0 Å². The Hall–Kier alpha value is -2.38. The van der Waals surface area contributed by atoms with Gasteiger partial charge in [0.05, 0.1) is 31.7 Å². The molecule has 0 aliphatic carbocycles. The van der Waals surface area contributed by atoms with Crippen LogP contribution in [0.1, 0.15) is 13.3 Å². The lowest BCUT2D eigenvalue weighted by Gasteiger charge is -2.28. The Morgan fingerprint density at radius 1 is 1.00 bits per heavy atom. The molecule has 2 heterocycles. The first-order valence-corrected chi connectivity index (χ1v) is 10.9. The molecular weight excluding hydrogens is 388 g/mol. The van der Waals surface area contributed by atoms with Crippen LogP contribution < -0.4 is 19.7 Å². The monoisotopic (exact) mass is 414 g/mol. The van der Waals surface area contributed by atoms with E-state index in [1.165, 1.54) is 11.8 Å². The summed E-state index contributed by atoms with van der Waals surface area (Å²) in [5.41, 5.74) is 1.96. The number of rotatable bonds is 5. The number of carbonyl (C=O) groups is 1. The molecule has 0 bridgehead atoms. The molecule has 7 heteroatoms. The summed E-state index contributed by atoms with van der Waals surface area (Å²) in [6, 6.07) is 13.8. The van der Waals surface area contributed by atoms with Crippen LogP contribution in [-0.4, -0.2) is 50.7 Å². The van der Waals surface area contributed by atoms with Crippen molar-refractivity contribution in [3.63, 3.8) is 0 Å². The van der Waals surface area contributed by atoms with E-state index in [0.29, 0.717) is 13.2 Å². The average Bonchev–Trinajstić information content (AvgIpc) is 3.00. The van der Waals surface area contributed by atoms with Crippen molar-refractivity contribution in [3.8, 4) is 11.5 Å². The summed E-state index contributed by atoms with van der Waals surface area (Å²) in [6.45, 7) is 6.54. The molecule has 2 aliphatic heterocycles. The van der Waals surface area contributed by atoms with Crippen LogP contribution in [0.15, 0.2) is 47.4 Å². The molecule has 1 amide bonds. The van der Waals surface area contributed by atoms with E-state index in [-0.39, 0.29) is 11.2 Å². The van der Waals surface area contributed by atoms with Crippen LogP contribution in [0.5, 0.6) is 11.5 Å². The van der Waals surface area contributed by atoms with Gasteiger partial charge in [0, 0.05) is 35.8 Å². The van der Waals surface area contributed by atoms with E-state index in [4.69, 9.17) is 14.2 Å². The minimum atomic E-state index is -0.237. The lowest BCUT2D eigenvalue weighted by molar-refractivity contribution is -0.115. The van der Waals surface area contributed by atoms with Crippen LogP contribution in [0.3, 0.4) is 0 Å². The predicted octanol–water partition coefficient (Wildman–Crippen LogP) is 3.80. The van der Waals surface area contributed by atoms with Crippen LogP contribution in [0.2, 0.25) is 0 Å². The smallest absolute Gasteiger partial charge is 0.237 e. The fraction of sp³-hybridized carbons (Fsp3) is 0.409. The van der Waals surface area contributed by atoms with Crippen molar-refractivity contribution in [1.29, 1.82) is 0 Å². The molecule has 0 radical (unpaired) electrons. The Labute approximate surface area is 175 Å². The number of carbonyl (C=O) groups excluding carboxylic acids is 1. The van der Waals surface area contributed by atoms with E-state index in [9.17, 15) is 4.79 Å². The standard InChI is InChI=1S/C22H26N2O4S/c1-16(29-19-7-8-20-21(15-19)28-12-2-11-27-20)22(25)23-17-3-5-18(6-4-17)24-9-13-26-14-10-24/h3-8,15-16H,2,9-14H2,1H3,(H,23,25)/t16-/m0/s1. The molecule has 4 rings (SSSR count). The van der Waals surface area contributed by atoms with Crippen LogP contribution in [0.4, 0.5) is 11.4 Å². The van der Waals surface area contributed by atoms with Crippen LogP contribution in [-0.2, 0) is 9.53 Å². The first kappa shape index (κ1) is 19.9. The molecule has 0 unspecified atom stereocenters. The molecule has 0 aromatic heterocycles. The summed E-state index contributed by atoms with van der Waals surface area (Å²) in [5, 5.41) is 2.77. The van der Waals surface area contributed by atoms with E-state index in [2.05, 4.69) is 10.2 Å². The number of anilines is 2. The molecule has 0 spiro atoms. The third-order valence-corrected chi connectivity index (χ3v) is 6.01. The minimum absolute atomic E-state index is 0.0266. The first-order valence-electron chi connectivity index (χ1n) is 9.99. The fourth-order valence-corrected chi connectivity index (χ4v) is 4.19. The Morgan fingerprint density at radius 3 is 2.48 bits per heavy atom. The van der Waals surface area contributed by atoms with E-state index in [1.54, 1.807) is 0 Å². The Morgan fingerprint density at radius 2 is 1.72 bits per heavy atom. The third-order valence-electron chi connectivity index (χ3n) is 4.91. The van der Waals surface area contributed by atoms with Crippen molar-refractivity contribution in [2.45, 2.75) is 23.5 Å². The average molecular weight is 415 g/mol. The first-order chi connectivity index (χ1) is 14.2. The van der Waals surface area contributed by atoms with E-state index in [1.807, 2.05) is 49.4 Å². The summed E-state index contributed by atoms with van der Waals surface area (Å²) in [4.78, 5) is 15.9. The van der Waals surface area contributed by atoms with Crippen molar-refractivity contribution in [2.75, 3.05) is 49.7 Å². The molecular formula is C22H26N2O4S. The molecule has 1 N–H and O–H groups in total. The molecule has 1 atom stereocenters. The van der Waals surface area contributed by atoms with Crippen LogP contribution >= 0.6 is 11.8 Å². The summed E-state index contributed by atoms with van der Waals surface area (Å²) >= 11 is 1.51. The number of thioether (sulfide) groups is 1. The van der Waals surface area contributed by atoms with Crippen molar-refractivity contribution in [3.05, 3.63) is 42.5 Å². The van der Waals surface area contributed by atoms with Gasteiger partial charge in [-0.25, -0.2) is 0 Å². The van der Waals surface area contributed by atoms with Crippen molar-refractivity contribution >= 4 is 29.0 Å². The Bertz CT molecular complexity index is 837. The molecule has 2 aromatic carbocycles. The summed E-state index contributed by atoms with van der Waals surface area (Å²) < 4.78 is 16.8. The van der Waals surface area contributed by atoms with Crippen molar-refractivity contribution in [1.82, 2.24) is 0 Å². The van der Waals surface area contributed by atoms with E-state index >= 15 is 0 Å². The van der Waals surface area contributed by atoms with Gasteiger partial charge >= 0.3 is 0 Å². The second-order valence-corrected chi connectivity index (χ2v) is 8.47. The van der Waals surface area contributed by atoms with Crippen molar-refractivity contribution < 1.29 is 19.0 Å². The second-order valence-electron chi connectivity index (χ2n) is 7.05. The highest BCUT2D eigenvalue weighted by Crippen LogP contribution is 2.35. The summed E-state index contributed by atoms with van der Waals surface area (Å²) in [6.07, 6.45) is 0.875. The lowest BCUT2D eigenvalue weighted by Crippen LogP contribution is -2.36. The van der Waals surface area contributed by atoms with E-state index < -0.39 is 0 Å². The molecule has 1 fully saturated rings. The zero-order valence-corrected chi connectivity index (χ0v) is 17.4. The number of hydrogen-bond donors (Lipinski definition) is 1. The topological polar surface area (TPSA) is 60.0 Å². The molecule has 0 saturated carbocycles. The van der Waals surface area contributed by atoms with Crippen LogP contribution in [0.25, 0.3) is 0 Å². The quantitative estimate of drug-likeness (QED) is 0.751. The highest BCUT2D eigenvalue weighted by atomic mass is 32.2. The maximum Gasteiger partial charge on any atom is 0.237 e. The largest absolute Gasteiger partial charge is 0.490 e. The van der Waals surface area contributed by atoms with Gasteiger partial charge in [-0.05, 0) is 49.4 Å². The zero-order valence-electron chi connectivity index (χ0n) is 16.6. The third kappa shape index (κ3) is 5.16. The molecule has 1 saturated heterocycles. The van der Waals surface area contributed by atoms with Crippen LogP contribution in [0, 0.1) is 0 Å². The summed E-state index contributed by atoms with van der Waals surface area (Å²) in [5.74, 6) is 1.49. The molecule has 29 heavy (non-hydrogen) atoms. The maximum absolute atomic E-state index is 12.6. The molecule has 6 nitrogen and oxygen atoms in total. The van der Waals surface area contributed by atoms with Gasteiger partial charge in [-0.1, -0.05) is 0 Å². The Balaban J connectivity index is 1.34. The number of amides is 1. The lowest BCUT2D eigenvalue weighted by atomic mass is 10.2. The van der Waals surface area contributed by atoms with Gasteiger partial charge in [-0.15, -0.1) is 11.8 Å². The number of hydrogen-bond acceptors (Lipinski definition) is 6. The highest BCUT2D eigenvalue weighted by molar-refractivity contribution is 8.00. The Kier molecular flexibility index (Phi) is 6.46. The van der Waals surface area contributed by atoms with Gasteiger partial charge in [0.15, 0.2) is 11.5 Å². The highest BCUT2D eigenvalue weighted by Gasteiger charge is 2.18. The maximum atomic E-state index is 12.6.